The van der Waals surface area contributed by atoms with Gasteiger partial charge in [0.05, 0.1) is 6.61 Å². The number of pyridine rings is 1. The Morgan fingerprint density at radius 2 is 2.12 bits per heavy atom. The summed E-state index contributed by atoms with van der Waals surface area (Å²) in [5.41, 5.74) is 3.17. The highest BCUT2D eigenvalue weighted by atomic mass is 79.9. The molecule has 136 valence electrons. The Hall–Kier alpha value is -2.08. The van der Waals surface area contributed by atoms with Crippen LogP contribution in [-0.4, -0.2) is 23.3 Å². The van der Waals surface area contributed by atoms with Gasteiger partial charge in [0, 0.05) is 15.7 Å². The lowest BCUT2D eigenvalue weighted by molar-refractivity contribution is 0.0519. The number of hydrogen-bond donors (Lipinski definition) is 0. The number of aliphatic imine (C=N–C) groups is 1. The number of carbonyl (C=O) groups is 1. The van der Waals surface area contributed by atoms with E-state index in [1.165, 1.54) is 6.07 Å². The number of ether oxygens (including phenoxy) is 1. The van der Waals surface area contributed by atoms with Gasteiger partial charge in [-0.3, -0.25) is 0 Å². The molecule has 0 atom stereocenters. The van der Waals surface area contributed by atoms with Crippen molar-refractivity contribution in [1.29, 1.82) is 0 Å². The minimum absolute atomic E-state index is 0.252. The summed E-state index contributed by atoms with van der Waals surface area (Å²) in [4.78, 5) is 21.1. The summed E-state index contributed by atoms with van der Waals surface area (Å²) < 4.78 is 20.0. The minimum Gasteiger partial charge on any atom is -0.461 e. The van der Waals surface area contributed by atoms with Gasteiger partial charge in [-0.2, -0.15) is 0 Å². The molecule has 1 saturated carbocycles. The number of esters is 1. The number of carbonyl (C=O) groups excluding carboxylic acids is 1. The lowest BCUT2D eigenvalue weighted by atomic mass is 10.0. The number of hydrogen-bond acceptors (Lipinski definition) is 4. The molecule has 0 aliphatic heterocycles. The summed E-state index contributed by atoms with van der Waals surface area (Å²) in [6, 6.07) is 6.64. The molecule has 0 unspecified atom stereocenters. The molecule has 1 aromatic carbocycles. The van der Waals surface area contributed by atoms with Gasteiger partial charge in [-0.15, -0.1) is 0 Å². The standard InChI is InChI=1S/C20H20BrFN2O2/c1-4-26-20(25)18-10-16(13-5-6-13)11(2)19(24-18)23-12(3)15-8-7-14(21)9-17(15)22/h7-10,13H,4-6H2,1-3H3. The molecule has 0 amide bonds. The van der Waals surface area contributed by atoms with Crippen LogP contribution in [0.3, 0.4) is 0 Å². The molecule has 2 aromatic rings. The summed E-state index contributed by atoms with van der Waals surface area (Å²) in [7, 11) is 0. The van der Waals surface area contributed by atoms with E-state index in [1.54, 1.807) is 32.0 Å². The molecule has 1 aliphatic carbocycles. The molecule has 0 spiro atoms. The molecule has 1 aliphatic rings. The van der Waals surface area contributed by atoms with E-state index in [9.17, 15) is 9.18 Å². The number of halogens is 2. The average Bonchev–Trinajstić information content (AvgIpc) is 3.41. The van der Waals surface area contributed by atoms with E-state index < -0.39 is 5.97 Å². The smallest absolute Gasteiger partial charge is 0.357 e. The van der Waals surface area contributed by atoms with E-state index in [0.717, 1.165) is 24.0 Å². The average molecular weight is 419 g/mol. The van der Waals surface area contributed by atoms with Crippen molar-refractivity contribution >= 4 is 33.4 Å². The lowest BCUT2D eigenvalue weighted by Gasteiger charge is -2.11. The summed E-state index contributed by atoms with van der Waals surface area (Å²) in [6.45, 7) is 5.73. The maximum Gasteiger partial charge on any atom is 0.357 e. The van der Waals surface area contributed by atoms with Crippen LogP contribution in [0, 0.1) is 12.7 Å². The molecule has 1 aromatic heterocycles. The molecule has 6 heteroatoms. The van der Waals surface area contributed by atoms with Gasteiger partial charge in [0.25, 0.3) is 0 Å². The second-order valence-corrected chi connectivity index (χ2v) is 7.28. The van der Waals surface area contributed by atoms with Crippen LogP contribution in [0.4, 0.5) is 10.2 Å². The van der Waals surface area contributed by atoms with Gasteiger partial charge in [-0.25, -0.2) is 19.2 Å². The van der Waals surface area contributed by atoms with Gasteiger partial charge >= 0.3 is 5.97 Å². The fraction of sp³-hybridized carbons (Fsp3) is 0.350. The third kappa shape index (κ3) is 4.01. The third-order valence-corrected chi connectivity index (χ3v) is 4.88. The number of rotatable bonds is 5. The largest absolute Gasteiger partial charge is 0.461 e. The van der Waals surface area contributed by atoms with E-state index in [-0.39, 0.29) is 18.1 Å². The minimum atomic E-state index is -0.460. The lowest BCUT2D eigenvalue weighted by Crippen LogP contribution is -2.09. The van der Waals surface area contributed by atoms with Crippen LogP contribution < -0.4 is 0 Å². The maximum absolute atomic E-state index is 14.2. The van der Waals surface area contributed by atoms with Crippen LogP contribution in [0.25, 0.3) is 0 Å². The molecule has 0 bridgehead atoms. The fourth-order valence-corrected chi connectivity index (χ4v) is 3.19. The Morgan fingerprint density at radius 3 is 2.73 bits per heavy atom. The first-order chi connectivity index (χ1) is 12.4. The van der Waals surface area contributed by atoms with Gasteiger partial charge in [-0.05, 0) is 74.9 Å². The Balaban J connectivity index is 2.06. The topological polar surface area (TPSA) is 51.5 Å². The molecule has 0 N–H and O–H groups in total. The molecule has 4 nitrogen and oxygen atoms in total. The Bertz CT molecular complexity index is 892. The first-order valence-electron chi connectivity index (χ1n) is 8.60. The number of aromatic nitrogens is 1. The van der Waals surface area contributed by atoms with Crippen molar-refractivity contribution in [2.45, 2.75) is 39.5 Å². The predicted molar refractivity (Wildman–Crippen MR) is 103 cm³/mol. The molecule has 1 heterocycles. The first-order valence-corrected chi connectivity index (χ1v) is 9.39. The van der Waals surface area contributed by atoms with E-state index in [4.69, 9.17) is 4.74 Å². The van der Waals surface area contributed by atoms with Gasteiger partial charge < -0.3 is 4.74 Å². The molecule has 0 radical (unpaired) electrons. The van der Waals surface area contributed by atoms with Crippen molar-refractivity contribution in [3.63, 3.8) is 0 Å². The second kappa shape index (κ2) is 7.66. The molecular formula is C20H20BrFN2O2. The Morgan fingerprint density at radius 1 is 1.38 bits per heavy atom. The van der Waals surface area contributed by atoms with Gasteiger partial charge in [-0.1, -0.05) is 15.9 Å². The van der Waals surface area contributed by atoms with Crippen molar-refractivity contribution < 1.29 is 13.9 Å². The zero-order valence-corrected chi connectivity index (χ0v) is 16.6. The summed E-state index contributed by atoms with van der Waals surface area (Å²) >= 11 is 3.25. The number of nitrogens with zero attached hydrogens (tertiary/aromatic N) is 2. The number of benzene rings is 1. The van der Waals surface area contributed by atoms with Crippen molar-refractivity contribution in [1.82, 2.24) is 4.98 Å². The van der Waals surface area contributed by atoms with Crippen molar-refractivity contribution in [3.8, 4) is 0 Å². The van der Waals surface area contributed by atoms with Gasteiger partial charge in [0.15, 0.2) is 11.5 Å². The van der Waals surface area contributed by atoms with E-state index in [2.05, 4.69) is 25.9 Å². The zero-order valence-electron chi connectivity index (χ0n) is 15.0. The highest BCUT2D eigenvalue weighted by molar-refractivity contribution is 9.10. The first kappa shape index (κ1) is 18.7. The fourth-order valence-electron chi connectivity index (χ4n) is 2.85. The highest BCUT2D eigenvalue weighted by Crippen LogP contribution is 2.43. The molecule has 1 fully saturated rings. The maximum atomic E-state index is 14.2. The summed E-state index contributed by atoms with van der Waals surface area (Å²) in [6.07, 6.45) is 2.19. The van der Waals surface area contributed by atoms with Gasteiger partial charge in [0.1, 0.15) is 5.82 Å². The van der Waals surface area contributed by atoms with E-state index in [1.807, 2.05) is 6.92 Å². The van der Waals surface area contributed by atoms with Crippen LogP contribution in [-0.2, 0) is 4.74 Å². The third-order valence-electron chi connectivity index (χ3n) is 4.38. The van der Waals surface area contributed by atoms with Crippen LogP contribution in [0.1, 0.15) is 59.8 Å². The second-order valence-electron chi connectivity index (χ2n) is 6.36. The summed E-state index contributed by atoms with van der Waals surface area (Å²) in [5, 5.41) is 0. The Kier molecular flexibility index (Phi) is 5.51. The summed E-state index contributed by atoms with van der Waals surface area (Å²) in [5.74, 6) is 0.0580. The molecular weight excluding hydrogens is 399 g/mol. The van der Waals surface area contributed by atoms with E-state index in [0.29, 0.717) is 27.5 Å². The van der Waals surface area contributed by atoms with Crippen LogP contribution in [0.2, 0.25) is 0 Å². The predicted octanol–water partition coefficient (Wildman–Crippen LogP) is 5.49. The zero-order chi connectivity index (χ0) is 18.8. The van der Waals surface area contributed by atoms with Gasteiger partial charge in [0.2, 0.25) is 0 Å². The van der Waals surface area contributed by atoms with E-state index >= 15 is 0 Å². The molecule has 3 rings (SSSR count). The monoisotopic (exact) mass is 418 g/mol. The Labute approximate surface area is 160 Å². The highest BCUT2D eigenvalue weighted by Gasteiger charge is 2.28. The molecule has 26 heavy (non-hydrogen) atoms. The quantitative estimate of drug-likeness (QED) is 0.476. The van der Waals surface area contributed by atoms with Crippen LogP contribution in [0.5, 0.6) is 0 Å². The van der Waals surface area contributed by atoms with Crippen molar-refractivity contribution in [2.24, 2.45) is 4.99 Å². The van der Waals surface area contributed by atoms with Crippen molar-refractivity contribution in [2.75, 3.05) is 6.61 Å². The molecule has 0 saturated heterocycles. The SMILES string of the molecule is CCOC(=O)c1cc(C2CC2)c(C)c(N=C(C)c2ccc(Br)cc2F)n1. The normalized spacial score (nSPS) is 14.4. The van der Waals surface area contributed by atoms with Crippen molar-refractivity contribution in [3.05, 3.63) is 56.9 Å². The van der Waals surface area contributed by atoms with Crippen LogP contribution >= 0.6 is 15.9 Å². The van der Waals surface area contributed by atoms with Crippen LogP contribution in [0.15, 0.2) is 33.7 Å².